The molecule has 0 aliphatic heterocycles. The van der Waals surface area contributed by atoms with Crippen molar-refractivity contribution in [2.45, 2.75) is 0 Å². The van der Waals surface area contributed by atoms with Crippen molar-refractivity contribution >= 4 is 43.6 Å². The Labute approximate surface area is 335 Å². The topological polar surface area (TPSA) is 166 Å². The standard InChI is InChI=1S/C11H14N2O3.C10H14N2O2.C9H17N2.C7H11NO.C5H6O2/c1-12(2)5-7-9(14)8(6-13(3)4)11(16)10(7)15;1-11(2)5-7-9(13)8(10(7)14)6-12(3)4;1-10(2)8-6-5-7-9-11(3)4;1-8(2)6-4-3-5-7-9;6-4-2-1-3-5-7/h5-6H,1-4H3;5-6H,1-4H3;5-9H,1-4H3;3-7H,1-2H3;1-6H/q;;+1;;/b7-5-,8-6?;;;5-3+,6-4+;3-1+,4-2+. The van der Waals surface area contributed by atoms with Gasteiger partial charge in [0, 0.05) is 101 Å². The molecule has 2 aromatic carbocycles. The van der Waals surface area contributed by atoms with E-state index in [2.05, 4.69) is 0 Å². The highest BCUT2D eigenvalue weighted by atomic mass is 16.2. The van der Waals surface area contributed by atoms with Crippen molar-refractivity contribution < 1.29 is 24.2 Å². The van der Waals surface area contributed by atoms with Crippen molar-refractivity contribution in [2.24, 2.45) is 0 Å². The molecule has 0 radical (unpaired) electrons. The van der Waals surface area contributed by atoms with Gasteiger partial charge in [0.15, 0.2) is 6.21 Å². The van der Waals surface area contributed by atoms with Crippen LogP contribution in [0.5, 0.6) is 0 Å². The smallest absolute Gasteiger partial charge is 0.239 e. The lowest BCUT2D eigenvalue weighted by Crippen LogP contribution is -3.00. The minimum atomic E-state index is -0.730. The third-order valence-corrected chi connectivity index (χ3v) is 5.81. The molecule has 2 rings (SSSR count). The first-order valence-corrected chi connectivity index (χ1v) is 17.3. The lowest BCUT2D eigenvalue weighted by Gasteiger charge is -2.05. The fraction of sp³-hybridized carbons (Fsp3) is 0.333. The van der Waals surface area contributed by atoms with Crippen LogP contribution in [0.3, 0.4) is 0 Å². The second-order valence-corrected chi connectivity index (χ2v) is 13.3. The van der Waals surface area contributed by atoms with Crippen molar-refractivity contribution in [3.8, 4) is 0 Å². The quantitative estimate of drug-likeness (QED) is 0.0414. The molecule has 0 aliphatic carbocycles. The van der Waals surface area contributed by atoms with E-state index in [9.17, 15) is 38.7 Å². The summed E-state index contributed by atoms with van der Waals surface area (Å²) in [5.41, 5.74) is -2.30. The minimum Gasteiger partial charge on any atom is -0.878 e. The van der Waals surface area contributed by atoms with E-state index in [1.54, 1.807) is 94.5 Å². The van der Waals surface area contributed by atoms with Gasteiger partial charge in [0.05, 0.1) is 41.2 Å². The van der Waals surface area contributed by atoms with Crippen LogP contribution >= 0.6 is 0 Å². The van der Waals surface area contributed by atoms with E-state index in [1.165, 1.54) is 41.6 Å². The molecule has 1 N–H and O–H groups in total. The summed E-state index contributed by atoms with van der Waals surface area (Å²) in [6, 6.07) is 0. The number of nitrogens with one attached hydrogen (secondary N) is 1. The van der Waals surface area contributed by atoms with Crippen LogP contribution in [0.1, 0.15) is 0 Å². The number of aldehydes is 2. The van der Waals surface area contributed by atoms with Crippen LogP contribution in [0.4, 0.5) is 0 Å². The van der Waals surface area contributed by atoms with Gasteiger partial charge in [-0.15, -0.1) is 6.26 Å². The summed E-state index contributed by atoms with van der Waals surface area (Å²) in [5.74, 6) is 0. The molecule has 15 heteroatoms. The van der Waals surface area contributed by atoms with Crippen LogP contribution in [-0.4, -0.2) is 147 Å². The molecule has 15 nitrogen and oxygen atoms in total. The molecule has 0 unspecified atom stereocenters. The Morgan fingerprint density at radius 3 is 1.07 bits per heavy atom. The molecule has 0 saturated heterocycles. The van der Waals surface area contributed by atoms with Gasteiger partial charge in [-0.2, -0.15) is 0 Å². The van der Waals surface area contributed by atoms with Gasteiger partial charge in [0.2, 0.25) is 27.1 Å². The monoisotopic (exact) mass is 792 g/mol. The van der Waals surface area contributed by atoms with Gasteiger partial charge in [0.1, 0.15) is 26.7 Å². The van der Waals surface area contributed by atoms with Gasteiger partial charge in [-0.25, -0.2) is 4.58 Å². The summed E-state index contributed by atoms with van der Waals surface area (Å²) < 4.78 is 2.00. The molecule has 0 spiro atoms. The summed E-state index contributed by atoms with van der Waals surface area (Å²) in [5, 5.41) is 9.86. The first kappa shape index (κ1) is 54.9. The molecule has 0 aliphatic rings. The molecule has 2 aromatic rings. The fourth-order valence-corrected chi connectivity index (χ4v) is 3.55. The molecule has 0 bridgehead atoms. The normalized spacial score (nSPS) is 11.5. The highest BCUT2D eigenvalue weighted by Crippen LogP contribution is 1.78. The zero-order valence-electron chi connectivity index (χ0n) is 35.9. The zero-order chi connectivity index (χ0) is 44.7. The van der Waals surface area contributed by atoms with Gasteiger partial charge in [0.25, 0.3) is 0 Å². The number of carbonyl (C=O) groups excluding carboxylic acids is 2. The predicted molar refractivity (Wildman–Crippen MR) is 232 cm³/mol. The van der Waals surface area contributed by atoms with E-state index < -0.39 is 16.3 Å². The van der Waals surface area contributed by atoms with Gasteiger partial charge < -0.3 is 34.5 Å². The van der Waals surface area contributed by atoms with Crippen LogP contribution in [0.15, 0.2) is 97.3 Å². The van der Waals surface area contributed by atoms with Crippen molar-refractivity contribution in [3.63, 3.8) is 0 Å². The van der Waals surface area contributed by atoms with E-state index >= 15 is 0 Å². The molecule has 312 valence electrons. The summed E-state index contributed by atoms with van der Waals surface area (Å²) in [6.45, 7) is 0. The first-order chi connectivity index (χ1) is 26.6. The molecule has 57 heavy (non-hydrogen) atoms. The number of rotatable bonds is 12. The first-order valence-electron chi connectivity index (χ1n) is 17.3. The minimum absolute atomic E-state index is 0.0666. The molecule has 0 atom stereocenters. The van der Waals surface area contributed by atoms with Gasteiger partial charge >= 0.3 is 0 Å². The highest BCUT2D eigenvalue weighted by molar-refractivity contribution is 5.66. The van der Waals surface area contributed by atoms with Gasteiger partial charge in [-0.1, -0.05) is 24.3 Å². The summed E-state index contributed by atoms with van der Waals surface area (Å²) in [4.78, 5) is 86.6. The lowest BCUT2D eigenvalue weighted by molar-refractivity contribution is -0.801. The predicted octanol–water partition coefficient (Wildman–Crippen LogP) is -4.90. The Kier molecular flexibility index (Phi) is 30.6. The number of nitrogens with zero attached hydrogens (tertiary/aromatic N) is 6. The molecule has 0 aromatic heterocycles. The number of allylic oxidation sites excluding steroid dienone is 9. The van der Waals surface area contributed by atoms with E-state index in [4.69, 9.17) is 0 Å². The number of hydrogen-bond donors (Lipinski definition) is 1. The lowest BCUT2D eigenvalue weighted by atomic mass is 10.2. The average molecular weight is 793 g/mol. The van der Waals surface area contributed by atoms with Crippen molar-refractivity contribution in [1.82, 2.24) is 24.5 Å². The second-order valence-electron chi connectivity index (χ2n) is 13.3. The maximum absolute atomic E-state index is 11.8. The van der Waals surface area contributed by atoms with Gasteiger partial charge in [-0.3, -0.25) is 33.6 Å². The molecule has 0 saturated carbocycles. The number of carbonyl (C=O) groups is 2. The Morgan fingerprint density at radius 1 is 0.456 bits per heavy atom. The average Bonchev–Trinajstić information content (AvgIpc) is 3.30. The summed E-state index contributed by atoms with van der Waals surface area (Å²) >= 11 is 0. The van der Waals surface area contributed by atoms with E-state index in [1.807, 2.05) is 94.7 Å². The SMILES string of the molecule is CN(C)/C=C/C=C/C=[N+](C)C.CN(C)C=c1c(=O)c(=CN(C)C)c1=O.CN(C)C=c1c(=O)c(=O)/c(=C\N(C)C)c1=O.C[NH+](C)/C=C/C=C/C=O.O=C/C=C/C=C/[O-]. The van der Waals surface area contributed by atoms with Crippen molar-refractivity contribution in [1.29, 1.82) is 0 Å². The Hall–Kier alpha value is -6.48. The highest BCUT2D eigenvalue weighted by Gasteiger charge is 2.09. The fourth-order valence-electron chi connectivity index (χ4n) is 3.55. The third kappa shape index (κ3) is 27.7. The van der Waals surface area contributed by atoms with E-state index in [0.29, 0.717) is 12.5 Å². The van der Waals surface area contributed by atoms with Crippen LogP contribution < -0.4 is 58.0 Å². The van der Waals surface area contributed by atoms with E-state index in [-0.39, 0.29) is 31.7 Å². The number of quaternary nitrogens is 1. The third-order valence-electron chi connectivity index (χ3n) is 5.81. The molecule has 0 fully saturated rings. The molecule has 0 amide bonds. The molecular weight excluding hydrogens is 731 g/mol. The van der Waals surface area contributed by atoms with Gasteiger partial charge in [-0.05, 0) is 30.5 Å². The van der Waals surface area contributed by atoms with Crippen LogP contribution in [0.25, 0.3) is 24.8 Å². The summed E-state index contributed by atoms with van der Waals surface area (Å²) in [7, 11) is 25.9. The van der Waals surface area contributed by atoms with Crippen molar-refractivity contribution in [3.05, 3.63) is 145 Å². The van der Waals surface area contributed by atoms with Crippen molar-refractivity contribution in [2.75, 3.05) is 98.7 Å². The molecular formula is C42H62N7O8+. The summed E-state index contributed by atoms with van der Waals surface area (Å²) in [6.07, 6.45) is 28.6. The maximum atomic E-state index is 11.8. The maximum Gasteiger partial charge on any atom is 0.239 e. The molecule has 0 heterocycles. The van der Waals surface area contributed by atoms with Crippen LogP contribution in [-0.2, 0) is 9.59 Å². The van der Waals surface area contributed by atoms with Crippen LogP contribution in [0.2, 0.25) is 0 Å². The zero-order valence-corrected chi connectivity index (χ0v) is 35.9. The Bertz CT molecular complexity index is 2060. The largest absolute Gasteiger partial charge is 0.878 e. The van der Waals surface area contributed by atoms with Crippen LogP contribution in [0, 0.1) is 0 Å². The number of hydrogen-bond acceptors (Lipinski definition) is 13. The van der Waals surface area contributed by atoms with E-state index in [0.717, 1.165) is 6.29 Å². The second kappa shape index (κ2) is 31.8. The Balaban J connectivity index is -0.000000659. The Morgan fingerprint density at radius 2 is 0.789 bits per heavy atom.